The highest BCUT2D eigenvalue weighted by Crippen LogP contribution is 2.17. The van der Waals surface area contributed by atoms with E-state index in [4.69, 9.17) is 10.00 Å². The summed E-state index contributed by atoms with van der Waals surface area (Å²) < 4.78 is 18.1. The van der Waals surface area contributed by atoms with Crippen molar-refractivity contribution in [2.75, 3.05) is 6.61 Å². The highest BCUT2D eigenvalue weighted by atomic mass is 19.1. The van der Waals surface area contributed by atoms with E-state index in [0.717, 1.165) is 6.07 Å². The van der Waals surface area contributed by atoms with E-state index in [-0.39, 0.29) is 24.3 Å². The fraction of sp³-hybridized carbons (Fsp3) is 0.200. The van der Waals surface area contributed by atoms with Gasteiger partial charge in [-0.2, -0.15) is 5.26 Å². The first-order valence-electron chi connectivity index (χ1n) is 4.04. The van der Waals surface area contributed by atoms with Crippen molar-refractivity contribution in [1.82, 2.24) is 0 Å². The molecule has 0 radical (unpaired) electrons. The Hall–Kier alpha value is -1.89. The lowest BCUT2D eigenvalue weighted by Gasteiger charge is -2.04. The van der Waals surface area contributed by atoms with E-state index >= 15 is 0 Å². The van der Waals surface area contributed by atoms with Gasteiger partial charge in [0, 0.05) is 6.42 Å². The van der Waals surface area contributed by atoms with Crippen LogP contribution in [0.4, 0.5) is 4.39 Å². The van der Waals surface area contributed by atoms with Gasteiger partial charge in [-0.15, -0.1) is 0 Å². The van der Waals surface area contributed by atoms with Crippen molar-refractivity contribution in [2.45, 2.75) is 6.42 Å². The van der Waals surface area contributed by atoms with Crippen molar-refractivity contribution < 1.29 is 13.9 Å². The van der Waals surface area contributed by atoms with Crippen molar-refractivity contribution in [3.05, 3.63) is 29.6 Å². The minimum Gasteiger partial charge on any atom is -0.490 e. The lowest BCUT2D eigenvalue weighted by atomic mass is 10.2. The predicted molar refractivity (Wildman–Crippen MR) is 47.3 cm³/mol. The molecular weight excluding hydrogens is 185 g/mol. The molecule has 0 fully saturated rings. The summed E-state index contributed by atoms with van der Waals surface area (Å²) in [6, 6.07) is 5.74. The fourth-order valence-corrected chi connectivity index (χ4v) is 0.904. The molecule has 0 unspecified atom stereocenters. The van der Waals surface area contributed by atoms with Gasteiger partial charge in [0.2, 0.25) is 0 Å². The van der Waals surface area contributed by atoms with Crippen LogP contribution in [0.2, 0.25) is 0 Å². The summed E-state index contributed by atoms with van der Waals surface area (Å²) in [5, 5.41) is 8.46. The quantitative estimate of drug-likeness (QED) is 0.539. The molecule has 0 spiro atoms. The van der Waals surface area contributed by atoms with Crippen LogP contribution in [0.1, 0.15) is 12.0 Å². The van der Waals surface area contributed by atoms with Gasteiger partial charge in [0.05, 0.1) is 18.2 Å². The van der Waals surface area contributed by atoms with E-state index in [1.165, 1.54) is 12.1 Å². The average Bonchev–Trinajstić information content (AvgIpc) is 2.20. The van der Waals surface area contributed by atoms with Gasteiger partial charge in [-0.05, 0) is 18.2 Å². The molecule has 0 atom stereocenters. The number of hydrogen-bond acceptors (Lipinski definition) is 3. The molecule has 0 aromatic heterocycles. The van der Waals surface area contributed by atoms with Crippen LogP contribution in [0.25, 0.3) is 0 Å². The lowest BCUT2D eigenvalue weighted by Crippen LogP contribution is -1.99. The molecular formula is C10H8FNO2. The first-order valence-corrected chi connectivity index (χ1v) is 4.04. The van der Waals surface area contributed by atoms with Crippen molar-refractivity contribution in [3.63, 3.8) is 0 Å². The van der Waals surface area contributed by atoms with Crippen LogP contribution in [0.5, 0.6) is 5.75 Å². The minimum absolute atomic E-state index is 0.0610. The second-order valence-corrected chi connectivity index (χ2v) is 2.56. The Morgan fingerprint density at radius 3 is 2.93 bits per heavy atom. The first-order chi connectivity index (χ1) is 6.77. The van der Waals surface area contributed by atoms with Gasteiger partial charge >= 0.3 is 0 Å². The Morgan fingerprint density at radius 2 is 2.36 bits per heavy atom. The van der Waals surface area contributed by atoms with E-state index in [9.17, 15) is 9.18 Å². The smallest absolute Gasteiger partial charge is 0.166 e. The van der Waals surface area contributed by atoms with E-state index in [0.29, 0.717) is 6.29 Å². The maximum atomic E-state index is 13.1. The molecule has 72 valence electrons. The van der Waals surface area contributed by atoms with Gasteiger partial charge in [-0.1, -0.05) is 0 Å². The Labute approximate surface area is 80.7 Å². The summed E-state index contributed by atoms with van der Waals surface area (Å²) in [7, 11) is 0. The molecule has 1 aromatic carbocycles. The molecule has 0 saturated heterocycles. The van der Waals surface area contributed by atoms with E-state index in [1.807, 2.05) is 6.07 Å². The van der Waals surface area contributed by atoms with E-state index in [2.05, 4.69) is 0 Å². The van der Waals surface area contributed by atoms with Crippen molar-refractivity contribution >= 4 is 6.29 Å². The normalized spacial score (nSPS) is 9.14. The number of carbonyl (C=O) groups excluding carboxylic acids is 1. The number of nitriles is 1. The minimum atomic E-state index is -0.588. The predicted octanol–water partition coefficient (Wildman–Crippen LogP) is 1.67. The topological polar surface area (TPSA) is 50.1 Å². The Bertz CT molecular complexity index is 371. The summed E-state index contributed by atoms with van der Waals surface area (Å²) in [5.74, 6) is -0.527. The number of ether oxygens (including phenoxy) is 1. The molecule has 0 heterocycles. The van der Waals surface area contributed by atoms with Gasteiger partial charge in [0.25, 0.3) is 0 Å². The third-order valence-corrected chi connectivity index (χ3v) is 1.55. The molecule has 1 rings (SSSR count). The molecule has 4 heteroatoms. The highest BCUT2D eigenvalue weighted by Gasteiger charge is 2.03. The van der Waals surface area contributed by atoms with Gasteiger partial charge in [0.1, 0.15) is 6.29 Å². The van der Waals surface area contributed by atoms with Gasteiger partial charge in [0.15, 0.2) is 11.6 Å². The maximum absolute atomic E-state index is 13.1. The van der Waals surface area contributed by atoms with Crippen LogP contribution in [-0.2, 0) is 4.79 Å². The van der Waals surface area contributed by atoms with Crippen LogP contribution >= 0.6 is 0 Å². The van der Waals surface area contributed by atoms with Crippen LogP contribution in [0.15, 0.2) is 18.2 Å². The van der Waals surface area contributed by atoms with Gasteiger partial charge < -0.3 is 9.53 Å². The number of halogens is 1. The van der Waals surface area contributed by atoms with E-state index in [1.54, 1.807) is 0 Å². The molecule has 1 aromatic rings. The molecule has 0 aliphatic carbocycles. The summed E-state index contributed by atoms with van der Waals surface area (Å²) in [6.45, 7) is 0.145. The van der Waals surface area contributed by atoms with E-state index < -0.39 is 5.82 Å². The van der Waals surface area contributed by atoms with Crippen molar-refractivity contribution in [2.24, 2.45) is 0 Å². The Kier molecular flexibility index (Phi) is 3.62. The summed E-state index contributed by atoms with van der Waals surface area (Å²) >= 11 is 0. The highest BCUT2D eigenvalue weighted by molar-refractivity contribution is 5.49. The molecule has 0 aliphatic rings. The number of nitrogens with zero attached hydrogens (tertiary/aromatic N) is 1. The van der Waals surface area contributed by atoms with Crippen LogP contribution in [0, 0.1) is 17.1 Å². The zero-order valence-electron chi connectivity index (χ0n) is 7.37. The van der Waals surface area contributed by atoms with Crippen LogP contribution in [-0.4, -0.2) is 12.9 Å². The Balaban J connectivity index is 2.70. The molecule has 0 bridgehead atoms. The van der Waals surface area contributed by atoms with Crippen molar-refractivity contribution in [1.29, 1.82) is 5.26 Å². The molecule has 14 heavy (non-hydrogen) atoms. The molecule has 3 nitrogen and oxygen atoms in total. The van der Waals surface area contributed by atoms with Gasteiger partial charge in [-0.25, -0.2) is 4.39 Å². The third kappa shape index (κ3) is 2.56. The monoisotopic (exact) mass is 193 g/mol. The lowest BCUT2D eigenvalue weighted by molar-refractivity contribution is -0.108. The summed E-state index contributed by atoms with van der Waals surface area (Å²) in [5.41, 5.74) is 0.241. The molecule has 0 N–H and O–H groups in total. The van der Waals surface area contributed by atoms with Crippen LogP contribution in [0.3, 0.4) is 0 Å². The second-order valence-electron chi connectivity index (χ2n) is 2.56. The SMILES string of the molecule is N#Cc1ccc(OCCC=O)c(F)c1. The zero-order chi connectivity index (χ0) is 10.4. The number of rotatable bonds is 4. The number of aldehydes is 1. The maximum Gasteiger partial charge on any atom is 0.166 e. The summed E-state index contributed by atoms with van der Waals surface area (Å²) in [4.78, 5) is 9.96. The number of benzene rings is 1. The number of hydrogen-bond donors (Lipinski definition) is 0. The molecule has 0 aliphatic heterocycles. The third-order valence-electron chi connectivity index (χ3n) is 1.55. The Morgan fingerprint density at radius 1 is 1.57 bits per heavy atom. The summed E-state index contributed by atoms with van der Waals surface area (Å²) in [6.07, 6.45) is 0.918. The molecule has 0 amide bonds. The van der Waals surface area contributed by atoms with Gasteiger partial charge in [-0.3, -0.25) is 0 Å². The standard InChI is InChI=1S/C10H8FNO2/c11-9-6-8(7-12)2-3-10(9)14-5-1-4-13/h2-4,6H,1,5H2. The zero-order valence-corrected chi connectivity index (χ0v) is 7.37. The fourth-order valence-electron chi connectivity index (χ4n) is 0.904. The van der Waals surface area contributed by atoms with Crippen molar-refractivity contribution in [3.8, 4) is 11.8 Å². The molecule has 0 saturated carbocycles. The van der Waals surface area contributed by atoms with Crippen LogP contribution < -0.4 is 4.74 Å². The average molecular weight is 193 g/mol. The second kappa shape index (κ2) is 4.97. The first kappa shape index (κ1) is 10.2. The number of carbonyl (C=O) groups is 1. The largest absolute Gasteiger partial charge is 0.490 e.